The summed E-state index contributed by atoms with van der Waals surface area (Å²) in [7, 11) is 0. The number of aliphatic hydroxyl groups is 1. The van der Waals surface area contributed by atoms with Crippen LogP contribution in [0, 0.1) is 6.92 Å². The molecule has 0 saturated carbocycles. The molecular weight excluding hydrogens is 288 g/mol. The normalized spacial score (nSPS) is 20.6. The largest absolute Gasteiger partial charge is 0.506 e. The van der Waals surface area contributed by atoms with Gasteiger partial charge < -0.3 is 20.3 Å². The first-order valence-electron chi connectivity index (χ1n) is 6.82. The van der Waals surface area contributed by atoms with E-state index in [0.717, 1.165) is 0 Å². The number of nitrogens with zero attached hydrogens (tertiary/aromatic N) is 2. The van der Waals surface area contributed by atoms with E-state index >= 15 is 0 Å². The molecule has 3 rings (SSSR count). The molecule has 2 aromatic heterocycles. The van der Waals surface area contributed by atoms with E-state index in [1.807, 2.05) is 0 Å². The van der Waals surface area contributed by atoms with Crippen LogP contribution in [0.5, 0.6) is 5.75 Å². The Bertz CT molecular complexity index is 728. The maximum atomic E-state index is 11.3. The fourth-order valence-electron chi connectivity index (χ4n) is 2.77. The van der Waals surface area contributed by atoms with Gasteiger partial charge in [0.15, 0.2) is 0 Å². The van der Waals surface area contributed by atoms with E-state index in [1.165, 1.54) is 12.5 Å². The topological polar surface area (TPSA) is 131 Å². The Labute approximate surface area is 125 Å². The van der Waals surface area contributed by atoms with Crippen LogP contribution in [0.2, 0.25) is 0 Å². The maximum Gasteiger partial charge on any atom is 0.321 e. The minimum Gasteiger partial charge on any atom is -0.506 e. The molecule has 0 fully saturated rings. The monoisotopic (exact) mass is 304 g/mol. The van der Waals surface area contributed by atoms with E-state index in [0.29, 0.717) is 28.2 Å². The highest BCUT2D eigenvalue weighted by atomic mass is 16.4. The molecule has 0 bridgehead atoms. The molecule has 8 nitrogen and oxygen atoms in total. The molecule has 0 radical (unpaired) electrons. The van der Waals surface area contributed by atoms with Crippen molar-refractivity contribution in [3.05, 3.63) is 40.7 Å². The van der Waals surface area contributed by atoms with Crippen LogP contribution in [0.1, 0.15) is 34.3 Å². The van der Waals surface area contributed by atoms with Gasteiger partial charge in [0.25, 0.3) is 0 Å². The summed E-state index contributed by atoms with van der Waals surface area (Å²) < 4.78 is 0. The van der Waals surface area contributed by atoms with Crippen LogP contribution in [-0.2, 0) is 17.8 Å². The number of hydrogen-bond acceptors (Lipinski definition) is 6. The molecule has 1 aliphatic rings. The smallest absolute Gasteiger partial charge is 0.321 e. The number of nitrogens with one attached hydrogen (secondary N) is 2. The predicted molar refractivity (Wildman–Crippen MR) is 75.3 cm³/mol. The minimum absolute atomic E-state index is 0.0657. The highest BCUT2D eigenvalue weighted by Crippen LogP contribution is 2.36. The Morgan fingerprint density at radius 2 is 2.23 bits per heavy atom. The van der Waals surface area contributed by atoms with Gasteiger partial charge in [-0.3, -0.25) is 15.1 Å². The zero-order chi connectivity index (χ0) is 15.9. The Hall–Kier alpha value is -2.45. The van der Waals surface area contributed by atoms with Crippen molar-refractivity contribution in [2.45, 2.75) is 32.0 Å². The van der Waals surface area contributed by atoms with Crippen molar-refractivity contribution in [2.75, 3.05) is 0 Å². The van der Waals surface area contributed by atoms with Gasteiger partial charge in [-0.15, -0.1) is 0 Å². The van der Waals surface area contributed by atoms with Crippen molar-refractivity contribution in [3.8, 4) is 5.75 Å². The van der Waals surface area contributed by atoms with Crippen LogP contribution in [-0.4, -0.2) is 42.3 Å². The molecule has 0 aromatic carbocycles. The molecule has 2 aromatic rings. The van der Waals surface area contributed by atoms with Crippen LogP contribution in [0.15, 0.2) is 12.5 Å². The van der Waals surface area contributed by atoms with Gasteiger partial charge >= 0.3 is 5.97 Å². The number of carboxylic acids is 1. The number of fused-ring (bicyclic) bond motifs is 1. The third-order valence-electron chi connectivity index (χ3n) is 3.92. The van der Waals surface area contributed by atoms with Gasteiger partial charge in [0.05, 0.1) is 30.4 Å². The van der Waals surface area contributed by atoms with E-state index in [1.54, 1.807) is 6.92 Å². The van der Waals surface area contributed by atoms with Gasteiger partial charge in [-0.2, -0.15) is 0 Å². The number of aryl methyl sites for hydroxylation is 1. The first-order chi connectivity index (χ1) is 10.5. The van der Waals surface area contributed by atoms with Gasteiger partial charge in [0.2, 0.25) is 0 Å². The molecule has 0 spiro atoms. The molecule has 22 heavy (non-hydrogen) atoms. The van der Waals surface area contributed by atoms with Gasteiger partial charge in [-0.05, 0) is 6.92 Å². The molecule has 0 aliphatic carbocycles. The van der Waals surface area contributed by atoms with Crippen molar-refractivity contribution in [2.24, 2.45) is 0 Å². The summed E-state index contributed by atoms with van der Waals surface area (Å²) in [6.45, 7) is 1.33. The van der Waals surface area contributed by atoms with E-state index < -0.39 is 18.1 Å². The SMILES string of the molecule is Cc1ncc(CO)c([C@@H]2N[C@H](C(=O)O)Cc3[nH]cnc32)c1O. The van der Waals surface area contributed by atoms with E-state index in [9.17, 15) is 20.1 Å². The quantitative estimate of drug-likeness (QED) is 0.539. The third-order valence-corrected chi connectivity index (χ3v) is 3.92. The average Bonchev–Trinajstić information content (AvgIpc) is 2.97. The van der Waals surface area contributed by atoms with Gasteiger partial charge in [0, 0.05) is 29.4 Å². The van der Waals surface area contributed by atoms with Gasteiger partial charge in [-0.1, -0.05) is 0 Å². The Balaban J connectivity index is 2.16. The first-order valence-corrected chi connectivity index (χ1v) is 6.82. The average molecular weight is 304 g/mol. The highest BCUT2D eigenvalue weighted by Gasteiger charge is 2.35. The van der Waals surface area contributed by atoms with Crippen LogP contribution < -0.4 is 5.32 Å². The number of carboxylic acid groups (broad SMARTS) is 1. The number of pyridine rings is 1. The highest BCUT2D eigenvalue weighted by molar-refractivity contribution is 5.74. The summed E-state index contributed by atoms with van der Waals surface area (Å²) in [5.41, 5.74) is 2.57. The number of rotatable bonds is 3. The van der Waals surface area contributed by atoms with Crippen molar-refractivity contribution >= 4 is 5.97 Å². The summed E-state index contributed by atoms with van der Waals surface area (Å²) in [5, 5.41) is 32.1. The fraction of sp³-hybridized carbons (Fsp3) is 0.357. The van der Waals surface area contributed by atoms with Crippen molar-refractivity contribution in [3.63, 3.8) is 0 Å². The molecule has 116 valence electrons. The number of aliphatic hydroxyl groups excluding tert-OH is 1. The van der Waals surface area contributed by atoms with Crippen molar-refractivity contribution in [1.29, 1.82) is 0 Å². The van der Waals surface area contributed by atoms with Crippen LogP contribution >= 0.6 is 0 Å². The molecule has 0 amide bonds. The van der Waals surface area contributed by atoms with E-state index in [4.69, 9.17) is 0 Å². The number of aromatic nitrogens is 3. The molecule has 8 heteroatoms. The summed E-state index contributed by atoms with van der Waals surface area (Å²) >= 11 is 0. The summed E-state index contributed by atoms with van der Waals surface area (Å²) in [5.74, 6) is -1.05. The zero-order valence-electron chi connectivity index (χ0n) is 11.9. The molecule has 1 aliphatic heterocycles. The summed E-state index contributed by atoms with van der Waals surface area (Å²) in [4.78, 5) is 22.5. The van der Waals surface area contributed by atoms with Crippen LogP contribution in [0.3, 0.4) is 0 Å². The second-order valence-corrected chi connectivity index (χ2v) is 5.25. The third kappa shape index (κ3) is 2.22. The van der Waals surface area contributed by atoms with E-state index in [2.05, 4.69) is 20.3 Å². The second kappa shape index (κ2) is 5.39. The lowest BCUT2D eigenvalue weighted by molar-refractivity contribution is -0.139. The number of imidazole rings is 1. The number of aromatic hydroxyl groups is 1. The van der Waals surface area contributed by atoms with E-state index in [-0.39, 0.29) is 18.8 Å². The number of H-pyrrole nitrogens is 1. The number of carbonyl (C=O) groups is 1. The summed E-state index contributed by atoms with van der Waals surface area (Å²) in [6, 6.07) is -1.43. The Kier molecular flexibility index (Phi) is 3.55. The zero-order valence-corrected chi connectivity index (χ0v) is 11.9. The predicted octanol–water partition coefficient (Wildman–Crippen LogP) is -0.000680. The van der Waals surface area contributed by atoms with Crippen molar-refractivity contribution < 1.29 is 20.1 Å². The Morgan fingerprint density at radius 1 is 1.45 bits per heavy atom. The molecule has 0 saturated heterocycles. The minimum atomic E-state index is -0.985. The van der Waals surface area contributed by atoms with Gasteiger partial charge in [0.1, 0.15) is 11.8 Å². The molecule has 3 heterocycles. The lowest BCUT2D eigenvalue weighted by Crippen LogP contribution is -2.45. The fourth-order valence-corrected chi connectivity index (χ4v) is 2.77. The Morgan fingerprint density at radius 3 is 2.91 bits per heavy atom. The lowest BCUT2D eigenvalue weighted by Gasteiger charge is -2.30. The maximum absolute atomic E-state index is 11.3. The molecular formula is C14H16N4O4. The van der Waals surface area contributed by atoms with Crippen LogP contribution in [0.4, 0.5) is 0 Å². The van der Waals surface area contributed by atoms with Crippen molar-refractivity contribution in [1.82, 2.24) is 20.3 Å². The molecule has 5 N–H and O–H groups in total. The standard InChI is InChI=1S/C14H16N4O4/c1-6-13(20)10(7(4-19)3-15-6)12-11-8(16-5-17-11)2-9(18-12)14(21)22/h3,5,9,12,18-20H,2,4H2,1H3,(H,16,17)(H,21,22)/t9-,12-/m0/s1. The van der Waals surface area contributed by atoms with Crippen LogP contribution in [0.25, 0.3) is 0 Å². The second-order valence-electron chi connectivity index (χ2n) is 5.25. The molecule has 0 unspecified atom stereocenters. The summed E-state index contributed by atoms with van der Waals surface area (Å²) in [6.07, 6.45) is 3.25. The molecule has 2 atom stereocenters. The first kappa shape index (κ1) is 14.5. The number of aliphatic carboxylic acids is 1. The lowest BCUT2D eigenvalue weighted by atomic mass is 9.91. The van der Waals surface area contributed by atoms with Gasteiger partial charge in [-0.25, -0.2) is 4.98 Å². The number of hydrogen-bond donors (Lipinski definition) is 5. The number of aromatic amines is 1.